The van der Waals surface area contributed by atoms with E-state index in [0.29, 0.717) is 11.3 Å². The minimum atomic E-state index is -0.377. The first kappa shape index (κ1) is 15.6. The number of aromatic amines is 1. The lowest BCUT2D eigenvalue weighted by atomic mass is 9.98. The molecule has 1 aromatic heterocycles. The van der Waals surface area contributed by atoms with E-state index in [0.717, 1.165) is 24.0 Å². The zero-order valence-corrected chi connectivity index (χ0v) is 13.0. The monoisotopic (exact) mass is 311 g/mol. The molecule has 7 heteroatoms. The number of aromatic nitrogens is 1. The van der Waals surface area contributed by atoms with E-state index in [2.05, 4.69) is 23.9 Å². The third-order valence-electron chi connectivity index (χ3n) is 4.25. The number of likely N-dealkylation sites (N-methyl/N-ethyl adjacent to an activating group) is 1. The Morgan fingerprint density at radius 3 is 2.81 bits per heavy atom. The molecule has 0 radical (unpaired) electrons. The Hall–Kier alpha value is -1.79. The van der Waals surface area contributed by atoms with Gasteiger partial charge < -0.3 is 9.72 Å². The van der Waals surface area contributed by atoms with Gasteiger partial charge in [-0.15, -0.1) is 12.4 Å². The Morgan fingerprint density at radius 1 is 1.48 bits per heavy atom. The molecule has 21 heavy (non-hydrogen) atoms. The summed E-state index contributed by atoms with van der Waals surface area (Å²) in [6.45, 7) is 3.07. The SMILES string of the molecule is COc1ccc2c3c([nH]c2c1[N+](=O)[O-])C(C)N(C)CC3.Cl. The van der Waals surface area contributed by atoms with Crippen LogP contribution in [0.25, 0.3) is 10.9 Å². The van der Waals surface area contributed by atoms with Crippen LogP contribution in [0.1, 0.15) is 24.2 Å². The molecule has 2 aromatic rings. The van der Waals surface area contributed by atoms with Gasteiger partial charge in [0.25, 0.3) is 0 Å². The lowest BCUT2D eigenvalue weighted by Crippen LogP contribution is -2.30. The number of fused-ring (bicyclic) bond motifs is 3. The fourth-order valence-electron chi connectivity index (χ4n) is 2.98. The second kappa shape index (κ2) is 5.54. The number of H-pyrrole nitrogens is 1. The highest BCUT2D eigenvalue weighted by Crippen LogP contribution is 2.40. The molecule has 114 valence electrons. The van der Waals surface area contributed by atoms with E-state index in [4.69, 9.17) is 4.74 Å². The first-order valence-electron chi connectivity index (χ1n) is 6.60. The predicted octanol–water partition coefficient (Wildman–Crippen LogP) is 3.06. The van der Waals surface area contributed by atoms with Gasteiger partial charge >= 0.3 is 5.69 Å². The number of ether oxygens (including phenoxy) is 1. The number of hydrogen-bond acceptors (Lipinski definition) is 4. The van der Waals surface area contributed by atoms with Crippen LogP contribution in [0, 0.1) is 10.1 Å². The van der Waals surface area contributed by atoms with E-state index >= 15 is 0 Å². The highest BCUT2D eigenvalue weighted by Gasteiger charge is 2.29. The molecule has 1 unspecified atom stereocenters. The zero-order valence-electron chi connectivity index (χ0n) is 12.2. The van der Waals surface area contributed by atoms with Crippen molar-refractivity contribution in [2.24, 2.45) is 0 Å². The highest BCUT2D eigenvalue weighted by atomic mass is 35.5. The number of halogens is 1. The first-order valence-corrected chi connectivity index (χ1v) is 6.60. The molecule has 0 bridgehead atoms. The lowest BCUT2D eigenvalue weighted by Gasteiger charge is -2.29. The Morgan fingerprint density at radius 2 is 2.19 bits per heavy atom. The fraction of sp³-hybridized carbons (Fsp3) is 0.429. The van der Waals surface area contributed by atoms with Gasteiger partial charge in [0.1, 0.15) is 5.52 Å². The molecule has 0 amide bonds. The van der Waals surface area contributed by atoms with E-state index in [9.17, 15) is 10.1 Å². The Balaban J connectivity index is 0.00000161. The second-order valence-electron chi connectivity index (χ2n) is 5.22. The van der Waals surface area contributed by atoms with E-state index in [-0.39, 0.29) is 29.1 Å². The van der Waals surface area contributed by atoms with Gasteiger partial charge in [-0.05, 0) is 38.1 Å². The van der Waals surface area contributed by atoms with E-state index in [1.165, 1.54) is 12.7 Å². The van der Waals surface area contributed by atoms with Crippen molar-refractivity contribution >= 4 is 29.0 Å². The van der Waals surface area contributed by atoms with Gasteiger partial charge in [-0.2, -0.15) is 0 Å². The van der Waals surface area contributed by atoms with Gasteiger partial charge in [-0.25, -0.2) is 0 Å². The molecular formula is C14H18ClN3O3. The maximum atomic E-state index is 11.3. The Bertz CT molecular complexity index is 698. The maximum Gasteiger partial charge on any atom is 0.334 e. The molecule has 1 aliphatic heterocycles. The summed E-state index contributed by atoms with van der Waals surface area (Å²) in [4.78, 5) is 16.5. The van der Waals surface area contributed by atoms with Crippen LogP contribution in [0.15, 0.2) is 12.1 Å². The van der Waals surface area contributed by atoms with E-state index in [1.807, 2.05) is 6.07 Å². The van der Waals surface area contributed by atoms with Crippen molar-refractivity contribution in [3.8, 4) is 5.75 Å². The third-order valence-corrected chi connectivity index (χ3v) is 4.25. The quantitative estimate of drug-likeness (QED) is 0.683. The average molecular weight is 312 g/mol. The van der Waals surface area contributed by atoms with Crippen molar-refractivity contribution in [1.82, 2.24) is 9.88 Å². The average Bonchev–Trinajstić information content (AvgIpc) is 2.80. The summed E-state index contributed by atoms with van der Waals surface area (Å²) in [5.41, 5.74) is 2.86. The molecule has 0 saturated heterocycles. The van der Waals surface area contributed by atoms with E-state index in [1.54, 1.807) is 6.07 Å². The number of rotatable bonds is 2. The molecule has 0 saturated carbocycles. The molecule has 2 heterocycles. The van der Waals surface area contributed by atoms with Crippen molar-refractivity contribution < 1.29 is 9.66 Å². The molecule has 1 atom stereocenters. The van der Waals surface area contributed by atoms with Crippen molar-refractivity contribution in [2.75, 3.05) is 20.7 Å². The summed E-state index contributed by atoms with van der Waals surface area (Å²) in [5.74, 6) is 0.294. The molecule has 0 fully saturated rings. The van der Waals surface area contributed by atoms with Crippen LogP contribution >= 0.6 is 12.4 Å². The number of nitrogens with zero attached hydrogens (tertiary/aromatic N) is 2. The maximum absolute atomic E-state index is 11.3. The van der Waals surface area contributed by atoms with Gasteiger partial charge in [0.15, 0.2) is 5.75 Å². The van der Waals surface area contributed by atoms with Crippen molar-refractivity contribution in [3.63, 3.8) is 0 Å². The van der Waals surface area contributed by atoms with Gasteiger partial charge in [0, 0.05) is 23.7 Å². The van der Waals surface area contributed by atoms with Crippen LogP contribution in [0.4, 0.5) is 5.69 Å². The van der Waals surface area contributed by atoms with Gasteiger partial charge in [0.2, 0.25) is 0 Å². The zero-order chi connectivity index (χ0) is 14.4. The molecule has 3 rings (SSSR count). The van der Waals surface area contributed by atoms with Crippen LogP contribution in [-0.2, 0) is 6.42 Å². The molecule has 1 N–H and O–H groups in total. The van der Waals surface area contributed by atoms with Crippen molar-refractivity contribution in [2.45, 2.75) is 19.4 Å². The van der Waals surface area contributed by atoms with Gasteiger partial charge in [0.05, 0.1) is 12.0 Å². The van der Waals surface area contributed by atoms with E-state index < -0.39 is 0 Å². The molecule has 1 aliphatic rings. The topological polar surface area (TPSA) is 71.4 Å². The minimum absolute atomic E-state index is 0. The normalized spacial score (nSPS) is 18.1. The second-order valence-corrected chi connectivity index (χ2v) is 5.22. The number of nitro benzene ring substituents is 1. The summed E-state index contributed by atoms with van der Waals surface area (Å²) in [6, 6.07) is 3.82. The number of nitro groups is 1. The number of benzene rings is 1. The molecular weight excluding hydrogens is 294 g/mol. The lowest BCUT2D eigenvalue weighted by molar-refractivity contribution is -0.384. The summed E-state index contributed by atoms with van der Waals surface area (Å²) < 4.78 is 5.12. The van der Waals surface area contributed by atoms with Gasteiger partial charge in [-0.3, -0.25) is 15.0 Å². The predicted molar refractivity (Wildman–Crippen MR) is 83.5 cm³/mol. The standard InChI is InChI=1S/C14H17N3O3.ClH/c1-8-12-10(6-7-16(8)2)9-4-5-11(20-3)14(17(18)19)13(9)15-12;/h4-5,8,15H,6-7H2,1-3H3;1H. The number of hydrogen-bond donors (Lipinski definition) is 1. The summed E-state index contributed by atoms with van der Waals surface area (Å²) in [5, 5.41) is 12.3. The Labute approximate surface area is 128 Å². The smallest absolute Gasteiger partial charge is 0.334 e. The fourth-order valence-corrected chi connectivity index (χ4v) is 2.98. The van der Waals surface area contributed by atoms with Gasteiger partial charge in [-0.1, -0.05) is 0 Å². The van der Waals surface area contributed by atoms with Crippen LogP contribution in [0.3, 0.4) is 0 Å². The summed E-state index contributed by atoms with van der Waals surface area (Å²) in [6.07, 6.45) is 0.902. The molecule has 0 spiro atoms. The number of nitrogens with one attached hydrogen (secondary N) is 1. The van der Waals surface area contributed by atoms with Crippen LogP contribution < -0.4 is 4.74 Å². The third kappa shape index (κ3) is 2.24. The van der Waals surface area contributed by atoms with Crippen molar-refractivity contribution in [3.05, 3.63) is 33.5 Å². The van der Waals surface area contributed by atoms with Crippen molar-refractivity contribution in [1.29, 1.82) is 0 Å². The van der Waals surface area contributed by atoms with Crippen LogP contribution in [-0.4, -0.2) is 35.5 Å². The van der Waals surface area contributed by atoms with Crippen LogP contribution in [0.2, 0.25) is 0 Å². The first-order chi connectivity index (χ1) is 9.54. The summed E-state index contributed by atoms with van der Waals surface area (Å²) in [7, 11) is 3.52. The van der Waals surface area contributed by atoms with Crippen LogP contribution in [0.5, 0.6) is 5.75 Å². The summed E-state index contributed by atoms with van der Waals surface area (Å²) >= 11 is 0. The molecule has 0 aliphatic carbocycles. The minimum Gasteiger partial charge on any atom is -0.490 e. The molecule has 1 aromatic carbocycles. The Kier molecular flexibility index (Phi) is 4.11. The largest absolute Gasteiger partial charge is 0.490 e. The molecule has 6 nitrogen and oxygen atoms in total. The highest BCUT2D eigenvalue weighted by molar-refractivity contribution is 5.94. The number of methoxy groups -OCH3 is 1.